The normalized spacial score (nSPS) is 11.2. The van der Waals surface area contributed by atoms with Gasteiger partial charge in [-0.3, -0.25) is 4.79 Å². The van der Waals surface area contributed by atoms with Gasteiger partial charge in [0.05, 0.1) is 5.01 Å². The van der Waals surface area contributed by atoms with Gasteiger partial charge in [-0.2, -0.15) is 0 Å². The minimum Gasteiger partial charge on any atom is -0.486 e. The summed E-state index contributed by atoms with van der Waals surface area (Å²) < 4.78 is 5.27. The van der Waals surface area contributed by atoms with Crippen molar-refractivity contribution in [2.45, 2.75) is 6.92 Å². The molecule has 2 rings (SSSR count). The fourth-order valence-electron chi connectivity index (χ4n) is 1.48. The summed E-state index contributed by atoms with van der Waals surface area (Å²) >= 11 is 1.42. The minimum atomic E-state index is -0.260. The Morgan fingerprint density at radius 1 is 1.48 bits per heavy atom. The van der Waals surface area contributed by atoms with Crippen LogP contribution in [0.2, 0.25) is 0 Å². The molecular weight excluding hydrogens is 292 g/mol. The van der Waals surface area contributed by atoms with E-state index in [1.165, 1.54) is 11.3 Å². The Bertz CT molecular complexity index is 652. The van der Waals surface area contributed by atoms with Gasteiger partial charge in [-0.15, -0.1) is 11.3 Å². The van der Waals surface area contributed by atoms with Crippen LogP contribution in [-0.2, 0) is 0 Å². The summed E-state index contributed by atoms with van der Waals surface area (Å²) in [5.74, 6) is 0.264. The standard InChI is InChI=1S/C13H14N4O3S/c1-8-15-11(7-21-8)13(18)16-9-2-4-10(5-3-9)20-6-12(14)17-19/h2-5,7,19H,6H2,1H3,(H2,14,17)(H,16,18). The topological polar surface area (TPSA) is 110 Å². The van der Waals surface area contributed by atoms with Crippen molar-refractivity contribution in [3.05, 3.63) is 40.3 Å². The lowest BCUT2D eigenvalue weighted by Gasteiger charge is -2.07. The Balaban J connectivity index is 1.94. The molecule has 0 radical (unpaired) electrons. The van der Waals surface area contributed by atoms with Crippen molar-refractivity contribution in [1.82, 2.24) is 4.98 Å². The molecule has 0 atom stereocenters. The van der Waals surface area contributed by atoms with Gasteiger partial charge in [-0.25, -0.2) is 4.98 Å². The Kier molecular flexibility index (Phi) is 4.72. The summed E-state index contributed by atoms with van der Waals surface area (Å²) in [6, 6.07) is 6.73. The number of aromatic nitrogens is 1. The van der Waals surface area contributed by atoms with Gasteiger partial charge in [0.2, 0.25) is 0 Å². The maximum absolute atomic E-state index is 11.9. The van der Waals surface area contributed by atoms with Crippen molar-refractivity contribution in [3.8, 4) is 5.75 Å². The molecule has 0 spiro atoms. The van der Waals surface area contributed by atoms with Crippen molar-refractivity contribution < 1.29 is 14.7 Å². The number of hydrogen-bond donors (Lipinski definition) is 3. The fourth-order valence-corrected chi connectivity index (χ4v) is 2.08. The number of oxime groups is 1. The van der Waals surface area contributed by atoms with E-state index in [0.717, 1.165) is 5.01 Å². The van der Waals surface area contributed by atoms with Crippen LogP contribution in [0.3, 0.4) is 0 Å². The largest absolute Gasteiger partial charge is 0.486 e. The van der Waals surface area contributed by atoms with E-state index in [-0.39, 0.29) is 18.3 Å². The Labute approximate surface area is 125 Å². The third kappa shape index (κ3) is 4.18. The number of amides is 1. The number of nitrogens with one attached hydrogen (secondary N) is 1. The highest BCUT2D eigenvalue weighted by Gasteiger charge is 2.09. The van der Waals surface area contributed by atoms with Crippen molar-refractivity contribution >= 4 is 28.8 Å². The molecule has 0 saturated heterocycles. The second-order valence-electron chi connectivity index (χ2n) is 4.11. The summed E-state index contributed by atoms with van der Waals surface area (Å²) in [7, 11) is 0. The summed E-state index contributed by atoms with van der Waals surface area (Å²) in [4.78, 5) is 16.0. The number of thiazole rings is 1. The smallest absolute Gasteiger partial charge is 0.275 e. The van der Waals surface area contributed by atoms with Gasteiger partial charge in [0, 0.05) is 11.1 Å². The molecule has 0 bridgehead atoms. The fraction of sp³-hybridized carbons (Fsp3) is 0.154. The number of anilines is 1. The first-order valence-electron chi connectivity index (χ1n) is 6.01. The molecule has 0 fully saturated rings. The highest BCUT2D eigenvalue weighted by molar-refractivity contribution is 7.09. The molecule has 0 aliphatic carbocycles. The van der Waals surface area contributed by atoms with Crippen LogP contribution < -0.4 is 15.8 Å². The third-order valence-corrected chi connectivity index (χ3v) is 3.25. The lowest BCUT2D eigenvalue weighted by molar-refractivity contribution is 0.102. The van der Waals surface area contributed by atoms with E-state index in [4.69, 9.17) is 15.7 Å². The maximum atomic E-state index is 11.9. The average Bonchev–Trinajstić information content (AvgIpc) is 2.93. The van der Waals surface area contributed by atoms with Crippen LogP contribution in [0.15, 0.2) is 34.8 Å². The third-order valence-electron chi connectivity index (χ3n) is 2.48. The summed E-state index contributed by atoms with van der Waals surface area (Å²) in [5, 5.41) is 16.5. The lowest BCUT2D eigenvalue weighted by Crippen LogP contribution is -2.20. The lowest BCUT2D eigenvalue weighted by atomic mass is 10.3. The molecule has 8 heteroatoms. The zero-order valence-electron chi connectivity index (χ0n) is 11.2. The zero-order chi connectivity index (χ0) is 15.2. The molecule has 0 aliphatic rings. The highest BCUT2D eigenvalue weighted by atomic mass is 32.1. The Hall–Kier alpha value is -2.61. The van der Waals surface area contributed by atoms with E-state index in [1.54, 1.807) is 29.6 Å². The molecule has 4 N–H and O–H groups in total. The van der Waals surface area contributed by atoms with Crippen LogP contribution >= 0.6 is 11.3 Å². The molecule has 0 saturated carbocycles. The van der Waals surface area contributed by atoms with Crippen molar-refractivity contribution in [3.63, 3.8) is 0 Å². The number of aryl methyl sites for hydroxylation is 1. The predicted molar refractivity (Wildman–Crippen MR) is 80.2 cm³/mol. The van der Waals surface area contributed by atoms with E-state index < -0.39 is 0 Å². The monoisotopic (exact) mass is 306 g/mol. The maximum Gasteiger partial charge on any atom is 0.275 e. The van der Waals surface area contributed by atoms with Crippen LogP contribution in [0, 0.1) is 6.92 Å². The molecule has 1 amide bonds. The second-order valence-corrected chi connectivity index (χ2v) is 5.17. The number of carbonyl (C=O) groups excluding carboxylic acids is 1. The van der Waals surface area contributed by atoms with E-state index in [0.29, 0.717) is 17.1 Å². The SMILES string of the molecule is Cc1nc(C(=O)Nc2ccc(OCC(N)=NO)cc2)cs1. The van der Waals surface area contributed by atoms with Crippen LogP contribution in [0.25, 0.3) is 0 Å². The molecule has 1 aromatic carbocycles. The number of amidine groups is 1. The van der Waals surface area contributed by atoms with Gasteiger partial charge in [0.25, 0.3) is 5.91 Å². The molecule has 1 aromatic heterocycles. The number of nitrogens with zero attached hydrogens (tertiary/aromatic N) is 2. The quantitative estimate of drug-likeness (QED) is 0.338. The van der Waals surface area contributed by atoms with Crippen molar-refractivity contribution in [2.24, 2.45) is 10.9 Å². The molecule has 2 aromatic rings. The van der Waals surface area contributed by atoms with E-state index in [1.807, 2.05) is 6.92 Å². The van der Waals surface area contributed by atoms with E-state index in [9.17, 15) is 4.79 Å². The van der Waals surface area contributed by atoms with Crippen molar-refractivity contribution in [1.29, 1.82) is 0 Å². The van der Waals surface area contributed by atoms with Crippen LogP contribution in [0.4, 0.5) is 5.69 Å². The van der Waals surface area contributed by atoms with Crippen molar-refractivity contribution in [2.75, 3.05) is 11.9 Å². The Morgan fingerprint density at radius 3 is 2.76 bits per heavy atom. The molecular formula is C13H14N4O3S. The first-order valence-corrected chi connectivity index (χ1v) is 6.89. The van der Waals surface area contributed by atoms with Crippen LogP contribution in [0.5, 0.6) is 5.75 Å². The average molecular weight is 306 g/mol. The van der Waals surface area contributed by atoms with Gasteiger partial charge in [0.15, 0.2) is 5.84 Å². The molecule has 0 unspecified atom stereocenters. The number of carbonyl (C=O) groups is 1. The first-order chi connectivity index (χ1) is 10.1. The minimum absolute atomic E-state index is 0.0136. The summed E-state index contributed by atoms with van der Waals surface area (Å²) in [6.07, 6.45) is 0. The number of ether oxygens (including phenoxy) is 1. The summed E-state index contributed by atoms with van der Waals surface area (Å²) in [6.45, 7) is 1.83. The van der Waals surface area contributed by atoms with E-state index in [2.05, 4.69) is 15.5 Å². The van der Waals surface area contributed by atoms with Gasteiger partial charge < -0.3 is 21.0 Å². The Morgan fingerprint density at radius 2 is 2.19 bits per heavy atom. The number of hydrogen-bond acceptors (Lipinski definition) is 6. The number of nitrogens with two attached hydrogens (primary N) is 1. The zero-order valence-corrected chi connectivity index (χ0v) is 12.1. The van der Waals surface area contributed by atoms with Crippen LogP contribution in [-0.4, -0.2) is 28.5 Å². The summed E-state index contributed by atoms with van der Waals surface area (Å²) in [5.41, 5.74) is 6.31. The van der Waals surface area contributed by atoms with Crippen LogP contribution in [0.1, 0.15) is 15.5 Å². The molecule has 1 heterocycles. The van der Waals surface area contributed by atoms with Gasteiger partial charge in [-0.05, 0) is 31.2 Å². The molecule has 0 aliphatic heterocycles. The molecule has 7 nitrogen and oxygen atoms in total. The molecule has 21 heavy (non-hydrogen) atoms. The van der Waals surface area contributed by atoms with Gasteiger partial charge in [0.1, 0.15) is 18.1 Å². The predicted octanol–water partition coefficient (Wildman–Crippen LogP) is 1.83. The molecule has 110 valence electrons. The number of rotatable bonds is 5. The number of benzene rings is 1. The second kappa shape index (κ2) is 6.71. The van der Waals surface area contributed by atoms with Gasteiger partial charge in [-0.1, -0.05) is 5.16 Å². The highest BCUT2D eigenvalue weighted by Crippen LogP contribution is 2.17. The van der Waals surface area contributed by atoms with Gasteiger partial charge >= 0.3 is 0 Å². The van der Waals surface area contributed by atoms with E-state index >= 15 is 0 Å². The first kappa shape index (κ1) is 14.8.